The van der Waals surface area contributed by atoms with E-state index in [0.29, 0.717) is 0 Å². The molecular formula is C13H24N2OS. The minimum absolute atomic E-state index is 0.256. The summed E-state index contributed by atoms with van der Waals surface area (Å²) in [6, 6.07) is 0. The first kappa shape index (κ1) is 13.2. The molecule has 1 saturated heterocycles. The molecule has 0 radical (unpaired) electrons. The summed E-state index contributed by atoms with van der Waals surface area (Å²) in [5, 5.41) is 4.63. The van der Waals surface area contributed by atoms with Gasteiger partial charge in [-0.3, -0.25) is 4.99 Å². The molecule has 1 aliphatic carbocycles. The number of nitrogens with zero attached hydrogens (tertiary/aromatic N) is 1. The van der Waals surface area contributed by atoms with Crippen molar-refractivity contribution < 1.29 is 4.74 Å². The summed E-state index contributed by atoms with van der Waals surface area (Å²) in [5.74, 6) is 2.01. The standard InChI is InChI=1S/C13H24N2OS/c1-3-13(2)10-17-12(15-13)14-7-4-8-16-9-11-5-6-11/h11H,3-10H2,1-2H3,(H,14,15). The Hall–Kier alpha value is -0.220. The largest absolute Gasteiger partial charge is 0.381 e. The number of nitrogens with one attached hydrogen (secondary N) is 1. The van der Waals surface area contributed by atoms with Gasteiger partial charge in [-0.25, -0.2) is 0 Å². The zero-order chi connectivity index (χ0) is 12.1. The molecule has 2 rings (SSSR count). The highest BCUT2D eigenvalue weighted by Gasteiger charge is 2.30. The van der Waals surface area contributed by atoms with E-state index in [9.17, 15) is 0 Å². The van der Waals surface area contributed by atoms with Crippen LogP contribution in [0.25, 0.3) is 0 Å². The summed E-state index contributed by atoms with van der Waals surface area (Å²) in [7, 11) is 0. The van der Waals surface area contributed by atoms with Gasteiger partial charge in [0.1, 0.15) is 0 Å². The van der Waals surface area contributed by atoms with Crippen molar-refractivity contribution in [2.24, 2.45) is 10.9 Å². The second-order valence-corrected chi connectivity index (χ2v) is 6.35. The van der Waals surface area contributed by atoms with Crippen LogP contribution in [-0.4, -0.2) is 36.2 Å². The zero-order valence-electron chi connectivity index (χ0n) is 11.0. The molecule has 1 N–H and O–H groups in total. The van der Waals surface area contributed by atoms with Crippen LogP contribution >= 0.6 is 11.8 Å². The first-order valence-corrected chi connectivity index (χ1v) is 7.73. The summed E-state index contributed by atoms with van der Waals surface area (Å²) in [6.07, 6.45) is 4.95. The van der Waals surface area contributed by atoms with Gasteiger partial charge in [0.25, 0.3) is 0 Å². The molecule has 0 spiro atoms. The molecule has 0 bridgehead atoms. The summed E-state index contributed by atoms with van der Waals surface area (Å²) in [5.41, 5.74) is 0.256. The number of hydrogen-bond acceptors (Lipinski definition) is 3. The van der Waals surface area contributed by atoms with Crippen molar-refractivity contribution in [3.8, 4) is 0 Å². The third-order valence-electron chi connectivity index (χ3n) is 3.47. The third kappa shape index (κ3) is 4.51. The lowest BCUT2D eigenvalue weighted by Gasteiger charge is -2.20. The average Bonchev–Trinajstić information content (AvgIpc) is 3.07. The van der Waals surface area contributed by atoms with Gasteiger partial charge >= 0.3 is 0 Å². The number of rotatable bonds is 7. The van der Waals surface area contributed by atoms with Crippen molar-refractivity contribution in [2.45, 2.75) is 45.1 Å². The van der Waals surface area contributed by atoms with E-state index in [1.165, 1.54) is 12.8 Å². The van der Waals surface area contributed by atoms with Crippen LogP contribution in [0.5, 0.6) is 0 Å². The SMILES string of the molecule is CCC1(C)CSC(=NCCCOCC2CC2)N1. The maximum absolute atomic E-state index is 5.59. The Balaban J connectivity index is 1.54. The number of thioether (sulfide) groups is 1. The van der Waals surface area contributed by atoms with E-state index in [1.807, 2.05) is 11.8 Å². The highest BCUT2D eigenvalue weighted by molar-refractivity contribution is 8.14. The maximum Gasteiger partial charge on any atom is 0.157 e. The van der Waals surface area contributed by atoms with Gasteiger partial charge in [0.15, 0.2) is 5.17 Å². The molecule has 1 atom stereocenters. The molecule has 2 fully saturated rings. The van der Waals surface area contributed by atoms with Gasteiger partial charge in [-0.15, -0.1) is 0 Å². The van der Waals surface area contributed by atoms with Crippen LogP contribution in [0.4, 0.5) is 0 Å². The van der Waals surface area contributed by atoms with Gasteiger partial charge in [-0.1, -0.05) is 18.7 Å². The molecule has 0 aromatic rings. The fourth-order valence-electron chi connectivity index (χ4n) is 1.72. The van der Waals surface area contributed by atoms with E-state index >= 15 is 0 Å². The lowest BCUT2D eigenvalue weighted by Crippen LogP contribution is -2.39. The number of ether oxygens (including phenoxy) is 1. The van der Waals surface area contributed by atoms with Crippen LogP contribution in [0.1, 0.15) is 39.5 Å². The maximum atomic E-state index is 5.59. The topological polar surface area (TPSA) is 33.6 Å². The average molecular weight is 256 g/mol. The van der Waals surface area contributed by atoms with Crippen LogP contribution in [0, 0.1) is 5.92 Å². The van der Waals surface area contributed by atoms with Crippen molar-refractivity contribution in [3.63, 3.8) is 0 Å². The minimum atomic E-state index is 0.256. The molecule has 0 aromatic carbocycles. The summed E-state index contributed by atoms with van der Waals surface area (Å²) < 4.78 is 5.59. The molecule has 17 heavy (non-hydrogen) atoms. The third-order valence-corrected chi connectivity index (χ3v) is 4.76. The van der Waals surface area contributed by atoms with Gasteiger partial charge in [0.05, 0.1) is 0 Å². The number of amidine groups is 1. The Kier molecular flexibility index (Phi) is 4.74. The molecule has 1 saturated carbocycles. The molecule has 1 aliphatic heterocycles. The Morgan fingerprint density at radius 1 is 1.53 bits per heavy atom. The first-order valence-electron chi connectivity index (χ1n) is 6.75. The Morgan fingerprint density at radius 2 is 2.35 bits per heavy atom. The van der Waals surface area contributed by atoms with Crippen LogP contribution in [-0.2, 0) is 4.74 Å². The fourth-order valence-corrected chi connectivity index (χ4v) is 2.95. The summed E-state index contributed by atoms with van der Waals surface area (Å²) in [6.45, 7) is 7.21. The highest BCUT2D eigenvalue weighted by atomic mass is 32.2. The number of hydrogen-bond donors (Lipinski definition) is 1. The molecule has 1 heterocycles. The van der Waals surface area contributed by atoms with E-state index in [2.05, 4.69) is 24.2 Å². The monoisotopic (exact) mass is 256 g/mol. The normalized spacial score (nSPS) is 30.8. The first-order chi connectivity index (χ1) is 8.22. The fraction of sp³-hybridized carbons (Fsp3) is 0.923. The van der Waals surface area contributed by atoms with Crippen LogP contribution in [0.2, 0.25) is 0 Å². The van der Waals surface area contributed by atoms with Crippen molar-refractivity contribution in [3.05, 3.63) is 0 Å². The molecule has 3 nitrogen and oxygen atoms in total. The molecule has 0 aromatic heterocycles. The smallest absolute Gasteiger partial charge is 0.157 e. The molecule has 1 unspecified atom stereocenters. The van der Waals surface area contributed by atoms with Crippen LogP contribution in [0.15, 0.2) is 4.99 Å². The van der Waals surface area contributed by atoms with Gasteiger partial charge in [0, 0.05) is 31.1 Å². The molecule has 0 amide bonds. The second kappa shape index (κ2) is 6.10. The van der Waals surface area contributed by atoms with E-state index in [1.54, 1.807) is 0 Å². The van der Waals surface area contributed by atoms with Gasteiger partial charge < -0.3 is 10.1 Å². The van der Waals surface area contributed by atoms with E-state index in [-0.39, 0.29) is 5.54 Å². The highest BCUT2D eigenvalue weighted by Crippen LogP contribution is 2.28. The van der Waals surface area contributed by atoms with Gasteiger partial charge in [-0.2, -0.15) is 0 Å². The van der Waals surface area contributed by atoms with E-state index in [4.69, 9.17) is 4.74 Å². The Morgan fingerprint density at radius 3 is 3.00 bits per heavy atom. The second-order valence-electron chi connectivity index (χ2n) is 5.39. The lowest BCUT2D eigenvalue weighted by atomic mass is 10.0. The van der Waals surface area contributed by atoms with Crippen molar-refractivity contribution in [1.29, 1.82) is 0 Å². The van der Waals surface area contributed by atoms with Crippen molar-refractivity contribution in [2.75, 3.05) is 25.5 Å². The predicted molar refractivity (Wildman–Crippen MR) is 74.8 cm³/mol. The van der Waals surface area contributed by atoms with E-state index in [0.717, 1.165) is 49.4 Å². The van der Waals surface area contributed by atoms with Crippen molar-refractivity contribution in [1.82, 2.24) is 5.32 Å². The molecule has 2 aliphatic rings. The van der Waals surface area contributed by atoms with Crippen molar-refractivity contribution >= 4 is 16.9 Å². The number of aliphatic imine (C=N–C) groups is 1. The van der Waals surface area contributed by atoms with Crippen LogP contribution < -0.4 is 5.32 Å². The molecule has 98 valence electrons. The lowest BCUT2D eigenvalue weighted by molar-refractivity contribution is 0.123. The Bertz CT molecular complexity index is 279. The van der Waals surface area contributed by atoms with Gasteiger partial charge in [-0.05, 0) is 38.5 Å². The van der Waals surface area contributed by atoms with E-state index < -0.39 is 0 Å². The minimum Gasteiger partial charge on any atom is -0.381 e. The summed E-state index contributed by atoms with van der Waals surface area (Å²) in [4.78, 5) is 4.59. The predicted octanol–water partition coefficient (Wildman–Crippen LogP) is 2.66. The molecular weight excluding hydrogens is 232 g/mol. The van der Waals surface area contributed by atoms with Gasteiger partial charge in [0.2, 0.25) is 0 Å². The quantitative estimate of drug-likeness (QED) is 0.711. The zero-order valence-corrected chi connectivity index (χ0v) is 11.8. The Labute approximate surface area is 109 Å². The van der Waals surface area contributed by atoms with Crippen LogP contribution in [0.3, 0.4) is 0 Å². The summed E-state index contributed by atoms with van der Waals surface area (Å²) >= 11 is 1.85. The molecule has 4 heteroatoms.